The van der Waals surface area contributed by atoms with Crippen molar-refractivity contribution >= 4 is 11.6 Å². The molecule has 4 heteroatoms. The Balaban J connectivity index is 2.20. The molecule has 0 bridgehead atoms. The Labute approximate surface area is 111 Å². The minimum atomic E-state index is -0.390. The first-order valence-corrected chi connectivity index (χ1v) is 6.28. The van der Waals surface area contributed by atoms with Crippen LogP contribution in [0.4, 0.5) is 4.39 Å². The predicted octanol–water partition coefficient (Wildman–Crippen LogP) is 3.97. The van der Waals surface area contributed by atoms with Crippen LogP contribution in [-0.4, -0.2) is 6.54 Å². The molecule has 1 heterocycles. The quantitative estimate of drug-likeness (QED) is 0.887. The van der Waals surface area contributed by atoms with Gasteiger partial charge in [0.25, 0.3) is 0 Å². The van der Waals surface area contributed by atoms with Crippen molar-refractivity contribution in [2.75, 3.05) is 6.54 Å². The minimum Gasteiger partial charge on any atom is -0.472 e. The summed E-state index contributed by atoms with van der Waals surface area (Å²) in [4.78, 5) is 0. The lowest BCUT2D eigenvalue weighted by molar-refractivity contribution is 0.533. The highest BCUT2D eigenvalue weighted by Crippen LogP contribution is 2.23. The van der Waals surface area contributed by atoms with Crippen molar-refractivity contribution in [3.05, 3.63) is 58.8 Å². The normalized spacial score (nSPS) is 12.6. The van der Waals surface area contributed by atoms with Gasteiger partial charge in [0.05, 0.1) is 17.5 Å². The van der Waals surface area contributed by atoms with Gasteiger partial charge in [-0.3, -0.25) is 0 Å². The molecule has 1 N–H and O–H groups in total. The van der Waals surface area contributed by atoms with Gasteiger partial charge in [-0.2, -0.15) is 0 Å². The van der Waals surface area contributed by atoms with E-state index in [-0.39, 0.29) is 16.9 Å². The second kappa shape index (κ2) is 6.03. The summed E-state index contributed by atoms with van der Waals surface area (Å²) in [7, 11) is 0. The lowest BCUT2D eigenvalue weighted by Crippen LogP contribution is -2.22. The van der Waals surface area contributed by atoms with Crippen LogP contribution in [0.1, 0.15) is 24.1 Å². The summed E-state index contributed by atoms with van der Waals surface area (Å²) in [6, 6.07) is 6.86. The van der Waals surface area contributed by atoms with E-state index >= 15 is 0 Å². The zero-order valence-corrected chi connectivity index (χ0v) is 10.9. The summed E-state index contributed by atoms with van der Waals surface area (Å²) >= 11 is 5.82. The monoisotopic (exact) mass is 267 g/mol. The Morgan fingerprint density at radius 2 is 2.22 bits per heavy atom. The molecule has 2 nitrogen and oxygen atoms in total. The molecule has 0 amide bonds. The maximum Gasteiger partial charge on any atom is 0.141 e. The Morgan fingerprint density at radius 1 is 1.39 bits per heavy atom. The molecule has 0 fully saturated rings. The van der Waals surface area contributed by atoms with E-state index < -0.39 is 0 Å². The van der Waals surface area contributed by atoms with Crippen LogP contribution in [0.5, 0.6) is 0 Å². The second-order valence-corrected chi connectivity index (χ2v) is 4.53. The van der Waals surface area contributed by atoms with E-state index in [2.05, 4.69) is 5.32 Å². The Kier molecular flexibility index (Phi) is 4.39. The summed E-state index contributed by atoms with van der Waals surface area (Å²) < 4.78 is 18.2. The van der Waals surface area contributed by atoms with Crippen molar-refractivity contribution in [3.8, 4) is 0 Å². The molecule has 96 valence electrons. The summed E-state index contributed by atoms with van der Waals surface area (Å²) in [6.07, 6.45) is 4.15. The summed E-state index contributed by atoms with van der Waals surface area (Å²) in [5.41, 5.74) is 2.07. The van der Waals surface area contributed by atoms with Crippen LogP contribution in [0.25, 0.3) is 0 Å². The third-order valence-corrected chi connectivity index (χ3v) is 3.11. The number of hydrogen-bond acceptors (Lipinski definition) is 2. The van der Waals surface area contributed by atoms with Gasteiger partial charge in [-0.25, -0.2) is 4.39 Å². The van der Waals surface area contributed by atoms with Gasteiger partial charge in [0, 0.05) is 6.04 Å². The van der Waals surface area contributed by atoms with Crippen LogP contribution < -0.4 is 5.32 Å². The molecule has 0 spiro atoms. The summed E-state index contributed by atoms with van der Waals surface area (Å²) in [5, 5.41) is 3.52. The lowest BCUT2D eigenvalue weighted by Gasteiger charge is -2.18. The van der Waals surface area contributed by atoms with E-state index in [4.69, 9.17) is 16.0 Å². The fourth-order valence-corrected chi connectivity index (χ4v) is 2.12. The number of rotatable bonds is 5. The van der Waals surface area contributed by atoms with Crippen molar-refractivity contribution in [2.45, 2.75) is 19.4 Å². The number of hydrogen-bond donors (Lipinski definition) is 1. The van der Waals surface area contributed by atoms with Gasteiger partial charge in [-0.1, -0.05) is 24.6 Å². The molecule has 18 heavy (non-hydrogen) atoms. The van der Waals surface area contributed by atoms with Crippen LogP contribution in [0.3, 0.4) is 0 Å². The van der Waals surface area contributed by atoms with Crippen molar-refractivity contribution in [2.24, 2.45) is 0 Å². The SMILES string of the molecule is CCNC(Cc1ccoc1)c1ccc(F)c(Cl)c1. The fraction of sp³-hybridized carbons (Fsp3) is 0.286. The molecule has 1 unspecified atom stereocenters. The van der Waals surface area contributed by atoms with Crippen molar-refractivity contribution in [3.63, 3.8) is 0 Å². The fourth-order valence-electron chi connectivity index (χ4n) is 1.93. The Morgan fingerprint density at radius 3 is 2.83 bits per heavy atom. The summed E-state index contributed by atoms with van der Waals surface area (Å²) in [6.45, 7) is 2.87. The van der Waals surface area contributed by atoms with Gasteiger partial charge in [0.15, 0.2) is 0 Å². The molecule has 1 atom stereocenters. The third-order valence-electron chi connectivity index (χ3n) is 2.82. The number of furan rings is 1. The Bertz CT molecular complexity index is 499. The number of benzene rings is 1. The second-order valence-electron chi connectivity index (χ2n) is 4.12. The molecule has 1 aromatic heterocycles. The van der Waals surface area contributed by atoms with Gasteiger partial charge in [0.2, 0.25) is 0 Å². The van der Waals surface area contributed by atoms with Crippen LogP contribution in [0.2, 0.25) is 5.02 Å². The van der Waals surface area contributed by atoms with Crippen molar-refractivity contribution in [1.29, 1.82) is 0 Å². The van der Waals surface area contributed by atoms with Crippen LogP contribution >= 0.6 is 11.6 Å². The first-order valence-electron chi connectivity index (χ1n) is 5.90. The molecule has 2 aromatic rings. The first-order chi connectivity index (χ1) is 8.70. The van der Waals surface area contributed by atoms with Crippen LogP contribution in [-0.2, 0) is 6.42 Å². The van der Waals surface area contributed by atoms with Gasteiger partial charge >= 0.3 is 0 Å². The predicted molar refractivity (Wildman–Crippen MR) is 70.2 cm³/mol. The first kappa shape index (κ1) is 13.1. The van der Waals surface area contributed by atoms with Crippen molar-refractivity contribution < 1.29 is 8.81 Å². The van der Waals surface area contributed by atoms with E-state index in [1.165, 1.54) is 6.07 Å². The highest BCUT2D eigenvalue weighted by Gasteiger charge is 2.13. The molecule has 0 radical (unpaired) electrons. The molecular formula is C14H15ClFNO. The molecule has 2 rings (SSSR count). The van der Waals surface area contributed by atoms with Crippen molar-refractivity contribution in [1.82, 2.24) is 5.32 Å². The third kappa shape index (κ3) is 3.12. The van der Waals surface area contributed by atoms with E-state index in [0.717, 1.165) is 24.1 Å². The number of halogens is 2. The smallest absolute Gasteiger partial charge is 0.141 e. The Hall–Kier alpha value is -1.32. The average Bonchev–Trinajstić information content (AvgIpc) is 2.85. The number of nitrogens with one attached hydrogen (secondary N) is 1. The van der Waals surface area contributed by atoms with Gasteiger partial charge in [0.1, 0.15) is 5.82 Å². The standard InChI is InChI=1S/C14H15ClFNO/c1-2-17-14(7-10-5-6-18-9-10)11-3-4-13(16)12(15)8-11/h3-6,8-9,14,17H,2,7H2,1H3. The maximum absolute atomic E-state index is 13.2. The topological polar surface area (TPSA) is 25.2 Å². The molecule has 0 aliphatic heterocycles. The molecule has 0 aliphatic carbocycles. The van der Waals surface area contributed by atoms with Gasteiger partial charge in [-0.15, -0.1) is 0 Å². The van der Waals surface area contributed by atoms with Crippen LogP contribution in [0, 0.1) is 5.82 Å². The zero-order chi connectivity index (χ0) is 13.0. The van der Waals surface area contributed by atoms with E-state index in [0.29, 0.717) is 0 Å². The molecule has 0 saturated heterocycles. The van der Waals surface area contributed by atoms with E-state index in [9.17, 15) is 4.39 Å². The van der Waals surface area contributed by atoms with E-state index in [1.54, 1.807) is 24.7 Å². The largest absolute Gasteiger partial charge is 0.472 e. The highest BCUT2D eigenvalue weighted by atomic mass is 35.5. The highest BCUT2D eigenvalue weighted by molar-refractivity contribution is 6.30. The molecular weight excluding hydrogens is 253 g/mol. The lowest BCUT2D eigenvalue weighted by atomic mass is 10.0. The zero-order valence-electron chi connectivity index (χ0n) is 10.1. The molecule has 1 aromatic carbocycles. The summed E-state index contributed by atoms with van der Waals surface area (Å²) in [5.74, 6) is -0.390. The number of likely N-dealkylation sites (N-methyl/N-ethyl adjacent to an activating group) is 1. The minimum absolute atomic E-state index is 0.102. The average molecular weight is 268 g/mol. The molecule has 0 saturated carbocycles. The van der Waals surface area contributed by atoms with Crippen LogP contribution in [0.15, 0.2) is 41.2 Å². The van der Waals surface area contributed by atoms with E-state index in [1.807, 2.05) is 13.0 Å². The molecule has 0 aliphatic rings. The van der Waals surface area contributed by atoms with Gasteiger partial charge < -0.3 is 9.73 Å². The maximum atomic E-state index is 13.2. The van der Waals surface area contributed by atoms with Gasteiger partial charge in [-0.05, 0) is 42.3 Å².